The zero-order valence-corrected chi connectivity index (χ0v) is 70.7. The Morgan fingerprint density at radius 1 is 0.344 bits per heavy atom. The highest BCUT2D eigenvalue weighted by Gasteiger charge is 2.27. The third kappa shape index (κ3) is 24.0. The van der Waals surface area contributed by atoms with E-state index in [1.807, 2.05) is 31.2 Å². The molecular weight excluding hydrogens is 1640 g/mol. The molecule has 0 saturated heterocycles. The van der Waals surface area contributed by atoms with Gasteiger partial charge >= 0.3 is 0 Å². The lowest BCUT2D eigenvalue weighted by molar-refractivity contribution is -0.118. The Balaban J connectivity index is 0.000000189. The van der Waals surface area contributed by atoms with Gasteiger partial charge in [-0.1, -0.05) is 63.6 Å². The molecule has 12 aromatic rings. The van der Waals surface area contributed by atoms with Crippen molar-refractivity contribution in [3.63, 3.8) is 0 Å². The number of pyridine rings is 8. The largest absolute Gasteiger partial charge is 0.481 e. The van der Waals surface area contributed by atoms with Crippen LogP contribution in [0.5, 0.6) is 5.88 Å². The molecule has 0 spiro atoms. The standard InChI is InChI=1S/C24H23F2N3O3.C24H23F2N3O2.C23H20ClF2N3O2.C23H22F2N4O2/c1-4-21(31)29(2)19-11-9-17(22(25)23(19)26)18-10-7-16(14-28-18)20(30)12-8-15-6-5-13-27-24(15)32-3;1-4-22(31)29(3)20-11-9-18(23(25)24(20)26)19-10-8-17(14-28-19)21(30)12-7-16-6-5-15(2)27-13-16;1-3-20(31)29(2)18-10-8-16(21(25)22(18)26)17-9-6-15(13-28-17)19(30)11-7-14-5-4-12-27-23(14)24;1-3-20(31)29(2)18-10-8-16(21(24)22(18)25)17-9-6-15(13-28-17)19(30)11-7-14-5-4-12-27-23(14)26/h5-7,9-11,13-14H,4,8,12H2,1-3H3;5-6,8-11,13-14H,4,7,12H2,1-3H3;4-6,8-10,12-13H,3,7,11H2,1-2H3;4-6,8-10,12-13H,3,7,11H2,1-2H3,(H2,26,27). The predicted octanol–water partition coefficient (Wildman–Crippen LogP) is 19.0. The number of Topliss-reactive ketones (excluding diaryl/α,β-unsaturated/α-hetero) is 4. The van der Waals surface area contributed by atoms with Crippen LogP contribution in [0.1, 0.15) is 148 Å². The van der Waals surface area contributed by atoms with Gasteiger partial charge in [0.25, 0.3) is 0 Å². The molecule has 0 unspecified atom stereocenters. The molecule has 0 fully saturated rings. The fraction of sp³-hybridized carbons (Fsp3) is 0.234. The Morgan fingerprint density at radius 2 is 0.648 bits per heavy atom. The molecule has 0 bridgehead atoms. The number of nitrogen functional groups attached to an aromatic ring is 1. The summed E-state index contributed by atoms with van der Waals surface area (Å²) in [4.78, 5) is 134. The summed E-state index contributed by atoms with van der Waals surface area (Å²) in [6.07, 6.45) is 15.4. The Hall–Kier alpha value is -14.0. The van der Waals surface area contributed by atoms with E-state index in [4.69, 9.17) is 22.1 Å². The molecule has 0 aliphatic heterocycles. The van der Waals surface area contributed by atoms with Crippen molar-refractivity contribution in [2.75, 3.05) is 60.6 Å². The van der Waals surface area contributed by atoms with Crippen molar-refractivity contribution in [2.45, 2.75) is 112 Å². The number of ketones is 4. The number of nitrogens with two attached hydrogens (primary N) is 1. The van der Waals surface area contributed by atoms with Crippen molar-refractivity contribution in [1.29, 1.82) is 0 Å². The number of methoxy groups -OCH3 is 1. The molecule has 4 amide bonds. The molecule has 0 aliphatic rings. The first-order valence-electron chi connectivity index (χ1n) is 39.5. The lowest BCUT2D eigenvalue weighted by Gasteiger charge is -2.18. The van der Waals surface area contributed by atoms with Crippen LogP contribution in [0, 0.1) is 53.5 Å². The second-order valence-corrected chi connectivity index (χ2v) is 28.5. The van der Waals surface area contributed by atoms with Gasteiger partial charge in [0, 0.05) is 185 Å². The van der Waals surface area contributed by atoms with E-state index >= 15 is 0 Å². The Morgan fingerprint density at radius 3 is 0.944 bits per heavy atom. The number of aromatic nitrogens is 8. The van der Waals surface area contributed by atoms with Crippen LogP contribution in [0.3, 0.4) is 0 Å². The highest BCUT2D eigenvalue weighted by atomic mass is 35.5. The van der Waals surface area contributed by atoms with Gasteiger partial charge in [-0.2, -0.15) is 0 Å². The van der Waals surface area contributed by atoms with Crippen molar-refractivity contribution in [3.8, 4) is 50.9 Å². The molecule has 2 N–H and O–H groups in total. The van der Waals surface area contributed by atoms with Gasteiger partial charge in [0.1, 0.15) is 11.0 Å². The third-order valence-electron chi connectivity index (χ3n) is 20.1. The number of hydrogen-bond donors (Lipinski definition) is 1. The van der Waals surface area contributed by atoms with Crippen molar-refractivity contribution in [3.05, 3.63) is 297 Å². The SMILES string of the molecule is CCC(=O)N(C)c1ccc(-c2ccc(C(=O)CCc3ccc(C)nc3)cn2)c(F)c1F.CCC(=O)N(C)c1ccc(-c2ccc(C(=O)CCc3cccnc3Cl)cn2)c(F)c1F.CCC(=O)N(C)c1ccc(-c2ccc(C(=O)CCc3cccnc3N)cn2)c(F)c1F.CCC(=O)N(C)c1ccc(-c2ccc(C(=O)CCc3cccnc3OC)cn2)c(F)c1F. The number of hydrogen-bond acceptors (Lipinski definition) is 18. The monoisotopic (exact) mass is 1730 g/mol. The fourth-order valence-corrected chi connectivity index (χ4v) is 12.8. The Labute approximate surface area is 721 Å². The number of amides is 4. The third-order valence-corrected chi connectivity index (χ3v) is 20.5. The predicted molar refractivity (Wildman–Crippen MR) is 461 cm³/mol. The van der Waals surface area contributed by atoms with E-state index in [1.54, 1.807) is 82.8 Å². The van der Waals surface area contributed by atoms with Gasteiger partial charge in [-0.25, -0.2) is 50.1 Å². The zero-order valence-electron chi connectivity index (χ0n) is 70.0. The van der Waals surface area contributed by atoms with Crippen LogP contribution in [-0.2, 0) is 44.9 Å². The number of rotatable bonds is 29. The number of carbonyl (C=O) groups is 8. The molecule has 8 heterocycles. The maximum atomic E-state index is 14.7. The highest BCUT2D eigenvalue weighted by molar-refractivity contribution is 6.30. The summed E-state index contributed by atoms with van der Waals surface area (Å²) in [5.74, 6) is -9.91. The average Bonchev–Trinajstić information content (AvgIpc) is 0.808. The van der Waals surface area contributed by atoms with Crippen LogP contribution in [0.2, 0.25) is 5.15 Å². The number of carbonyl (C=O) groups excluding carboxylic acids is 8. The quantitative estimate of drug-likeness (QED) is 0.0259. The first-order valence-corrected chi connectivity index (χ1v) is 39.9. The molecule has 31 heteroatoms. The van der Waals surface area contributed by atoms with E-state index in [0.717, 1.165) is 47.5 Å². The van der Waals surface area contributed by atoms with Gasteiger partial charge in [0.05, 0.1) is 52.6 Å². The number of aryl methyl sites for hydroxylation is 5. The van der Waals surface area contributed by atoms with Crippen molar-refractivity contribution < 1.29 is 78.2 Å². The van der Waals surface area contributed by atoms with Crippen LogP contribution in [-0.4, -0.2) is 122 Å². The number of benzene rings is 4. The molecular formula is C94H88ClF8N13O9. The van der Waals surface area contributed by atoms with Crippen LogP contribution < -0.4 is 30.1 Å². The van der Waals surface area contributed by atoms with Gasteiger partial charge in [-0.05, 0) is 171 Å². The lowest BCUT2D eigenvalue weighted by Crippen LogP contribution is -2.26. The summed E-state index contributed by atoms with van der Waals surface area (Å²) in [5, 5.41) is 0.357. The van der Waals surface area contributed by atoms with E-state index in [2.05, 4.69) is 39.9 Å². The molecule has 0 saturated carbocycles. The number of anilines is 5. The van der Waals surface area contributed by atoms with Crippen molar-refractivity contribution in [1.82, 2.24) is 39.9 Å². The molecule has 4 aromatic carbocycles. The second-order valence-electron chi connectivity index (χ2n) is 28.2. The van der Waals surface area contributed by atoms with E-state index in [-0.39, 0.29) is 159 Å². The highest BCUT2D eigenvalue weighted by Crippen LogP contribution is 2.35. The average molecular weight is 1730 g/mol. The minimum atomic E-state index is -1.13. The number of nitrogens with zero attached hydrogens (tertiary/aromatic N) is 12. The second kappa shape index (κ2) is 44.7. The van der Waals surface area contributed by atoms with E-state index in [0.29, 0.717) is 71.2 Å². The van der Waals surface area contributed by atoms with Crippen molar-refractivity contribution in [2.24, 2.45) is 0 Å². The molecule has 125 heavy (non-hydrogen) atoms. The smallest absolute Gasteiger partial charge is 0.226 e. The first-order chi connectivity index (χ1) is 59.8. The van der Waals surface area contributed by atoms with Gasteiger partial charge < -0.3 is 30.1 Å². The molecule has 0 radical (unpaired) electrons. The molecule has 646 valence electrons. The summed E-state index contributed by atoms with van der Waals surface area (Å²) in [6, 6.07) is 37.4. The summed E-state index contributed by atoms with van der Waals surface area (Å²) in [6.45, 7) is 8.46. The summed E-state index contributed by atoms with van der Waals surface area (Å²) >= 11 is 6.00. The van der Waals surface area contributed by atoms with Crippen molar-refractivity contribution >= 4 is 86.9 Å². The summed E-state index contributed by atoms with van der Waals surface area (Å²) in [5.41, 5.74) is 11.5. The molecule has 0 atom stereocenters. The molecule has 8 aromatic heterocycles. The van der Waals surface area contributed by atoms with Crippen LogP contribution in [0.25, 0.3) is 45.0 Å². The maximum absolute atomic E-state index is 14.7. The molecule has 22 nitrogen and oxygen atoms in total. The normalized spacial score (nSPS) is 10.7. The Kier molecular flexibility index (Phi) is 33.9. The lowest BCUT2D eigenvalue weighted by atomic mass is 10.0. The van der Waals surface area contributed by atoms with Crippen LogP contribution in [0.15, 0.2) is 195 Å². The Bertz CT molecular complexity index is 5720. The van der Waals surface area contributed by atoms with E-state index in [1.165, 1.54) is 151 Å². The van der Waals surface area contributed by atoms with E-state index < -0.39 is 46.5 Å². The summed E-state index contributed by atoms with van der Waals surface area (Å²) in [7, 11) is 7.09. The maximum Gasteiger partial charge on any atom is 0.226 e. The van der Waals surface area contributed by atoms with E-state index in [9.17, 15) is 73.5 Å². The topological polar surface area (TPSA) is 288 Å². The first kappa shape index (κ1) is 94.8. The molecule has 12 rings (SSSR count). The van der Waals surface area contributed by atoms with Gasteiger partial charge in [-0.3, -0.25) is 63.3 Å². The minimum absolute atomic E-state index is 0.0386. The zero-order chi connectivity index (χ0) is 90.9. The molecule has 0 aliphatic carbocycles. The van der Waals surface area contributed by atoms with Crippen LogP contribution in [0.4, 0.5) is 63.7 Å². The fourth-order valence-electron chi connectivity index (χ4n) is 12.6. The number of halogens is 9. The summed E-state index contributed by atoms with van der Waals surface area (Å²) < 4.78 is 122. The van der Waals surface area contributed by atoms with Gasteiger partial charge in [0.2, 0.25) is 29.5 Å². The number of ether oxygens (including phenoxy) is 1. The van der Waals surface area contributed by atoms with Gasteiger partial charge in [-0.15, -0.1) is 0 Å². The minimum Gasteiger partial charge on any atom is -0.481 e. The van der Waals surface area contributed by atoms with Gasteiger partial charge in [0.15, 0.2) is 69.7 Å². The van der Waals surface area contributed by atoms with Crippen LogP contribution >= 0.6 is 11.6 Å².